The van der Waals surface area contributed by atoms with Gasteiger partial charge in [-0.25, -0.2) is 4.98 Å². The molecule has 0 aromatic carbocycles. The molecule has 1 aliphatic heterocycles. The lowest BCUT2D eigenvalue weighted by molar-refractivity contribution is 0.246. The lowest BCUT2D eigenvalue weighted by Gasteiger charge is -2.22. The fraction of sp³-hybridized carbons (Fsp3) is 0.750. The van der Waals surface area contributed by atoms with Crippen molar-refractivity contribution in [2.75, 3.05) is 20.1 Å². The molecule has 16 heavy (non-hydrogen) atoms. The molecule has 0 saturated carbocycles. The van der Waals surface area contributed by atoms with Crippen molar-refractivity contribution in [3.63, 3.8) is 0 Å². The van der Waals surface area contributed by atoms with Crippen LogP contribution in [-0.2, 0) is 13.0 Å². The van der Waals surface area contributed by atoms with Gasteiger partial charge in [0.15, 0.2) is 0 Å². The van der Waals surface area contributed by atoms with E-state index in [1.807, 2.05) is 0 Å². The number of likely N-dealkylation sites (N-methyl/N-ethyl adjacent to an activating group) is 1. The van der Waals surface area contributed by atoms with Crippen molar-refractivity contribution in [2.24, 2.45) is 0 Å². The molecule has 0 aliphatic carbocycles. The summed E-state index contributed by atoms with van der Waals surface area (Å²) in [5, 5.41) is 6.90. The lowest BCUT2D eigenvalue weighted by Crippen LogP contribution is -2.32. The predicted molar refractivity (Wildman–Crippen MR) is 68.9 cm³/mol. The maximum atomic E-state index is 4.67. The first-order chi connectivity index (χ1) is 7.79. The smallest absolute Gasteiger partial charge is 0.0928 e. The molecule has 0 spiro atoms. The number of aromatic nitrogens is 1. The number of rotatable bonds is 5. The Morgan fingerprint density at radius 1 is 1.62 bits per heavy atom. The molecule has 1 fully saturated rings. The SMILES string of the molecule is CCCc1nc(CN(C)C2CCNC2)cs1. The molecule has 1 aromatic rings. The molecule has 0 bridgehead atoms. The molecule has 2 rings (SSSR count). The van der Waals surface area contributed by atoms with Crippen LogP contribution in [0.1, 0.15) is 30.5 Å². The summed E-state index contributed by atoms with van der Waals surface area (Å²) in [4.78, 5) is 7.09. The van der Waals surface area contributed by atoms with Crippen LogP contribution in [-0.4, -0.2) is 36.1 Å². The highest BCUT2D eigenvalue weighted by Crippen LogP contribution is 2.15. The molecule has 1 N–H and O–H groups in total. The summed E-state index contributed by atoms with van der Waals surface area (Å²) in [6.45, 7) is 5.49. The standard InChI is InChI=1S/C12H21N3S/c1-3-4-12-14-10(9-16-12)8-15(2)11-5-6-13-7-11/h9,11,13H,3-8H2,1-2H3. The highest BCUT2D eigenvalue weighted by Gasteiger charge is 2.19. The number of nitrogens with zero attached hydrogens (tertiary/aromatic N) is 2. The molecule has 3 nitrogen and oxygen atoms in total. The van der Waals surface area contributed by atoms with E-state index in [2.05, 4.69) is 34.6 Å². The zero-order valence-electron chi connectivity index (χ0n) is 10.2. The van der Waals surface area contributed by atoms with Gasteiger partial charge < -0.3 is 5.32 Å². The van der Waals surface area contributed by atoms with E-state index in [1.165, 1.54) is 23.5 Å². The van der Waals surface area contributed by atoms with Gasteiger partial charge in [-0.2, -0.15) is 0 Å². The van der Waals surface area contributed by atoms with Crippen LogP contribution in [0, 0.1) is 0 Å². The third-order valence-corrected chi connectivity index (χ3v) is 4.09. The molecular weight excluding hydrogens is 218 g/mol. The Labute approximate surface area is 102 Å². The monoisotopic (exact) mass is 239 g/mol. The van der Waals surface area contributed by atoms with E-state index in [9.17, 15) is 0 Å². The van der Waals surface area contributed by atoms with Gasteiger partial charge in [0.25, 0.3) is 0 Å². The number of hydrogen-bond donors (Lipinski definition) is 1. The van der Waals surface area contributed by atoms with E-state index in [1.54, 1.807) is 11.3 Å². The fourth-order valence-electron chi connectivity index (χ4n) is 2.15. The topological polar surface area (TPSA) is 28.2 Å². The van der Waals surface area contributed by atoms with Gasteiger partial charge >= 0.3 is 0 Å². The second-order valence-electron chi connectivity index (χ2n) is 4.54. The highest BCUT2D eigenvalue weighted by molar-refractivity contribution is 7.09. The number of aryl methyl sites for hydroxylation is 1. The normalized spacial score (nSPS) is 20.8. The predicted octanol–water partition coefficient (Wildman–Crippen LogP) is 1.89. The first kappa shape index (κ1) is 12.0. The molecule has 2 heterocycles. The van der Waals surface area contributed by atoms with Crippen molar-refractivity contribution >= 4 is 11.3 Å². The molecule has 1 unspecified atom stereocenters. The van der Waals surface area contributed by atoms with E-state index in [4.69, 9.17) is 0 Å². The second kappa shape index (κ2) is 5.75. The molecule has 4 heteroatoms. The Morgan fingerprint density at radius 3 is 3.19 bits per heavy atom. The van der Waals surface area contributed by atoms with Crippen molar-refractivity contribution in [3.05, 3.63) is 16.1 Å². The van der Waals surface area contributed by atoms with E-state index in [0.717, 1.165) is 26.1 Å². The van der Waals surface area contributed by atoms with Crippen molar-refractivity contribution in [3.8, 4) is 0 Å². The van der Waals surface area contributed by atoms with Gasteiger partial charge in [-0.05, 0) is 32.9 Å². The summed E-state index contributed by atoms with van der Waals surface area (Å²) in [5.74, 6) is 0. The molecule has 1 atom stereocenters. The van der Waals surface area contributed by atoms with Gasteiger partial charge in [0.2, 0.25) is 0 Å². The van der Waals surface area contributed by atoms with Crippen LogP contribution in [0.2, 0.25) is 0 Å². The minimum absolute atomic E-state index is 0.691. The Balaban J connectivity index is 1.87. The lowest BCUT2D eigenvalue weighted by atomic mass is 10.2. The maximum absolute atomic E-state index is 4.67. The summed E-state index contributed by atoms with van der Waals surface area (Å²) in [6, 6.07) is 0.691. The van der Waals surface area contributed by atoms with Crippen LogP contribution < -0.4 is 5.32 Å². The summed E-state index contributed by atoms with van der Waals surface area (Å²) in [5.41, 5.74) is 1.24. The Morgan fingerprint density at radius 2 is 2.50 bits per heavy atom. The highest BCUT2D eigenvalue weighted by atomic mass is 32.1. The minimum atomic E-state index is 0.691. The van der Waals surface area contributed by atoms with Gasteiger partial charge in [0, 0.05) is 24.5 Å². The minimum Gasteiger partial charge on any atom is -0.315 e. The molecule has 0 amide bonds. The van der Waals surface area contributed by atoms with Crippen LogP contribution in [0.15, 0.2) is 5.38 Å². The van der Waals surface area contributed by atoms with E-state index in [0.29, 0.717) is 6.04 Å². The second-order valence-corrected chi connectivity index (χ2v) is 5.49. The van der Waals surface area contributed by atoms with Crippen LogP contribution in [0.4, 0.5) is 0 Å². The zero-order chi connectivity index (χ0) is 11.4. The summed E-state index contributed by atoms with van der Waals surface area (Å²) < 4.78 is 0. The Hall–Kier alpha value is -0.450. The average molecular weight is 239 g/mol. The average Bonchev–Trinajstić information content (AvgIpc) is 2.89. The molecule has 1 aromatic heterocycles. The summed E-state index contributed by atoms with van der Waals surface area (Å²) in [6.07, 6.45) is 3.58. The quantitative estimate of drug-likeness (QED) is 0.850. The van der Waals surface area contributed by atoms with Crippen LogP contribution in [0.25, 0.3) is 0 Å². The van der Waals surface area contributed by atoms with Gasteiger partial charge in [-0.15, -0.1) is 11.3 Å². The van der Waals surface area contributed by atoms with Crippen LogP contribution in [0.3, 0.4) is 0 Å². The van der Waals surface area contributed by atoms with E-state index in [-0.39, 0.29) is 0 Å². The largest absolute Gasteiger partial charge is 0.315 e. The van der Waals surface area contributed by atoms with Gasteiger partial charge in [0.05, 0.1) is 10.7 Å². The molecule has 1 saturated heterocycles. The van der Waals surface area contributed by atoms with Crippen molar-refractivity contribution in [1.29, 1.82) is 0 Å². The number of hydrogen-bond acceptors (Lipinski definition) is 4. The van der Waals surface area contributed by atoms with Crippen molar-refractivity contribution in [1.82, 2.24) is 15.2 Å². The third-order valence-electron chi connectivity index (χ3n) is 3.13. The van der Waals surface area contributed by atoms with Gasteiger partial charge in [-0.1, -0.05) is 6.92 Å². The van der Waals surface area contributed by atoms with Crippen LogP contribution >= 0.6 is 11.3 Å². The number of thiazole rings is 1. The first-order valence-corrected chi connectivity index (χ1v) is 7.01. The summed E-state index contributed by atoms with van der Waals surface area (Å²) >= 11 is 1.81. The molecule has 90 valence electrons. The molecule has 0 radical (unpaired) electrons. The maximum Gasteiger partial charge on any atom is 0.0928 e. The zero-order valence-corrected chi connectivity index (χ0v) is 11.0. The number of nitrogens with one attached hydrogen (secondary N) is 1. The molecular formula is C12H21N3S. The van der Waals surface area contributed by atoms with Gasteiger partial charge in [-0.3, -0.25) is 4.90 Å². The van der Waals surface area contributed by atoms with Crippen molar-refractivity contribution < 1.29 is 0 Å². The van der Waals surface area contributed by atoms with E-state index < -0.39 is 0 Å². The Bertz CT molecular complexity index is 318. The van der Waals surface area contributed by atoms with Crippen LogP contribution in [0.5, 0.6) is 0 Å². The van der Waals surface area contributed by atoms with Crippen molar-refractivity contribution in [2.45, 2.75) is 38.8 Å². The van der Waals surface area contributed by atoms with Gasteiger partial charge in [0.1, 0.15) is 0 Å². The molecule has 1 aliphatic rings. The third kappa shape index (κ3) is 3.03. The van der Waals surface area contributed by atoms with E-state index >= 15 is 0 Å². The fourth-order valence-corrected chi connectivity index (χ4v) is 3.04. The first-order valence-electron chi connectivity index (χ1n) is 6.14. The summed E-state index contributed by atoms with van der Waals surface area (Å²) in [7, 11) is 2.20. The Kier molecular flexibility index (Phi) is 4.32.